The third-order valence-corrected chi connectivity index (χ3v) is 7.36. The smallest absolute Gasteiger partial charge is 0.149 e. The van der Waals surface area contributed by atoms with Gasteiger partial charge in [0.25, 0.3) is 0 Å². The fourth-order valence-corrected chi connectivity index (χ4v) is 4.67. The molecule has 0 saturated heterocycles. The predicted octanol–water partition coefficient (Wildman–Crippen LogP) is 8.05. The summed E-state index contributed by atoms with van der Waals surface area (Å²) >= 11 is 7.77. The minimum Gasteiger partial charge on any atom is -0.471 e. The fraction of sp³-hybridized carbons (Fsp3) is 0.414. The zero-order chi connectivity index (χ0) is 28.2. The Labute approximate surface area is 240 Å². The van der Waals surface area contributed by atoms with E-state index in [1.165, 1.54) is 43.5 Å². The summed E-state index contributed by atoms with van der Waals surface area (Å²) in [5.41, 5.74) is 8.87. The molecular formula is C29H40ClFN6OS. The Bertz CT molecular complexity index is 1190. The van der Waals surface area contributed by atoms with E-state index in [1.54, 1.807) is 30.9 Å². The Hall–Kier alpha value is -2.88. The van der Waals surface area contributed by atoms with Crippen molar-refractivity contribution < 1.29 is 8.81 Å². The van der Waals surface area contributed by atoms with Gasteiger partial charge in [-0.3, -0.25) is 9.99 Å². The van der Waals surface area contributed by atoms with Crippen LogP contribution in [0.3, 0.4) is 0 Å². The largest absolute Gasteiger partial charge is 0.471 e. The number of pyridine rings is 1. The molecule has 0 spiro atoms. The number of nitrogens with one attached hydrogen (secondary N) is 1. The maximum absolute atomic E-state index is 14.7. The number of nitrogens with two attached hydrogens (primary N) is 2. The SMILES string of the molecule is CC1CC1.CCCCCN(CCC)c1cncc(/C(N)=C/N(N)c2c(F)ccc(NSc3ccoc3)c2Cl)c1. The number of rotatable bonds is 13. The van der Waals surface area contributed by atoms with Crippen LogP contribution in [0.25, 0.3) is 5.70 Å². The number of aromatic nitrogens is 1. The Morgan fingerprint density at radius 2 is 1.97 bits per heavy atom. The first kappa shape index (κ1) is 30.7. The van der Waals surface area contributed by atoms with Crippen LogP contribution in [-0.4, -0.2) is 18.1 Å². The summed E-state index contributed by atoms with van der Waals surface area (Å²) in [6, 6.07) is 6.61. The zero-order valence-electron chi connectivity index (χ0n) is 23.0. The molecule has 4 rings (SSSR count). The van der Waals surface area contributed by atoms with E-state index in [0.717, 1.165) is 53.9 Å². The average Bonchev–Trinajstić information content (AvgIpc) is 3.52. The maximum Gasteiger partial charge on any atom is 0.149 e. The van der Waals surface area contributed by atoms with Gasteiger partial charge in [0.15, 0.2) is 0 Å². The second kappa shape index (κ2) is 15.6. The highest BCUT2D eigenvalue weighted by Crippen LogP contribution is 2.37. The fourth-order valence-electron chi connectivity index (χ4n) is 3.69. The van der Waals surface area contributed by atoms with Crippen molar-refractivity contribution in [2.75, 3.05) is 27.7 Å². The van der Waals surface area contributed by atoms with E-state index in [2.05, 4.69) is 35.4 Å². The number of hydrogen-bond acceptors (Lipinski definition) is 8. The molecule has 3 aromatic rings. The van der Waals surface area contributed by atoms with Crippen LogP contribution >= 0.6 is 23.5 Å². The molecule has 5 N–H and O–H groups in total. The lowest BCUT2D eigenvalue weighted by Crippen LogP contribution is -2.27. The normalized spacial score (nSPS) is 13.0. The van der Waals surface area contributed by atoms with Gasteiger partial charge >= 0.3 is 0 Å². The van der Waals surface area contributed by atoms with Gasteiger partial charge in [-0.25, -0.2) is 10.2 Å². The van der Waals surface area contributed by atoms with Crippen molar-refractivity contribution >= 4 is 46.3 Å². The highest BCUT2D eigenvalue weighted by molar-refractivity contribution is 8.00. The minimum atomic E-state index is -0.572. The number of anilines is 3. The number of hydrogen-bond donors (Lipinski definition) is 3. The van der Waals surface area contributed by atoms with Gasteiger partial charge in [-0.15, -0.1) is 0 Å². The quantitative estimate of drug-likeness (QED) is 0.0816. The molecule has 0 bridgehead atoms. The predicted molar refractivity (Wildman–Crippen MR) is 163 cm³/mol. The molecule has 1 aliphatic carbocycles. The van der Waals surface area contributed by atoms with Crippen molar-refractivity contribution in [3.8, 4) is 0 Å². The molecule has 0 unspecified atom stereocenters. The Morgan fingerprint density at radius 1 is 1.21 bits per heavy atom. The lowest BCUT2D eigenvalue weighted by Gasteiger charge is -2.24. The lowest BCUT2D eigenvalue weighted by molar-refractivity contribution is 0.562. The van der Waals surface area contributed by atoms with E-state index in [-0.39, 0.29) is 10.7 Å². The van der Waals surface area contributed by atoms with Gasteiger partial charge in [0, 0.05) is 31.0 Å². The Balaban J connectivity index is 0.000000960. The average molecular weight is 575 g/mol. The van der Waals surface area contributed by atoms with Gasteiger partial charge < -0.3 is 19.8 Å². The van der Waals surface area contributed by atoms with E-state index < -0.39 is 5.82 Å². The van der Waals surface area contributed by atoms with Crippen molar-refractivity contribution in [3.63, 3.8) is 0 Å². The van der Waals surface area contributed by atoms with E-state index in [0.29, 0.717) is 16.9 Å². The van der Waals surface area contributed by atoms with Gasteiger partial charge in [0.05, 0.1) is 39.4 Å². The van der Waals surface area contributed by atoms with Gasteiger partial charge in [0.1, 0.15) is 17.8 Å². The number of hydrazine groups is 1. The van der Waals surface area contributed by atoms with Crippen LogP contribution in [-0.2, 0) is 0 Å². The summed E-state index contributed by atoms with van der Waals surface area (Å²) in [5.74, 6) is 6.70. The third kappa shape index (κ3) is 9.67. The first-order valence-electron chi connectivity index (χ1n) is 13.5. The molecule has 1 fully saturated rings. The number of halogens is 2. The summed E-state index contributed by atoms with van der Waals surface area (Å²) in [6.45, 7) is 8.50. The molecular weight excluding hydrogens is 535 g/mol. The molecule has 2 aromatic heterocycles. The van der Waals surface area contributed by atoms with Gasteiger partial charge in [-0.2, -0.15) is 0 Å². The van der Waals surface area contributed by atoms with Crippen LogP contribution in [0.2, 0.25) is 5.02 Å². The lowest BCUT2D eigenvalue weighted by atomic mass is 10.2. The second-order valence-corrected chi connectivity index (χ2v) is 11.0. The second-order valence-electron chi connectivity index (χ2n) is 9.72. The molecule has 7 nitrogen and oxygen atoms in total. The number of unbranched alkanes of at least 4 members (excludes halogenated alkanes) is 2. The highest BCUT2D eigenvalue weighted by atomic mass is 35.5. The molecule has 212 valence electrons. The molecule has 0 aliphatic heterocycles. The number of furan rings is 1. The van der Waals surface area contributed by atoms with Crippen molar-refractivity contribution in [3.05, 3.63) is 71.8 Å². The van der Waals surface area contributed by atoms with E-state index in [9.17, 15) is 4.39 Å². The molecule has 2 heterocycles. The van der Waals surface area contributed by atoms with Crippen molar-refractivity contribution in [1.29, 1.82) is 0 Å². The van der Waals surface area contributed by atoms with Gasteiger partial charge in [-0.1, -0.05) is 58.1 Å². The third-order valence-electron chi connectivity index (χ3n) is 6.19. The van der Waals surface area contributed by atoms with E-state index in [4.69, 9.17) is 27.6 Å². The van der Waals surface area contributed by atoms with Crippen LogP contribution in [0, 0.1) is 11.7 Å². The van der Waals surface area contributed by atoms with Crippen molar-refractivity contribution in [1.82, 2.24) is 4.98 Å². The summed E-state index contributed by atoms with van der Waals surface area (Å²) < 4.78 is 22.8. The molecule has 0 amide bonds. The summed E-state index contributed by atoms with van der Waals surface area (Å²) in [6.07, 6.45) is 15.5. The topological polar surface area (TPSA) is 96.6 Å². The number of benzene rings is 1. The molecule has 39 heavy (non-hydrogen) atoms. The molecule has 10 heteroatoms. The monoisotopic (exact) mass is 574 g/mol. The molecule has 0 atom stereocenters. The minimum absolute atomic E-state index is 0.00343. The summed E-state index contributed by atoms with van der Waals surface area (Å²) in [7, 11) is 0. The summed E-state index contributed by atoms with van der Waals surface area (Å²) in [5, 5.41) is 1.22. The Kier molecular flexibility index (Phi) is 12.3. The maximum atomic E-state index is 14.7. The van der Waals surface area contributed by atoms with Crippen LogP contribution in [0.5, 0.6) is 0 Å². The van der Waals surface area contributed by atoms with Gasteiger partial charge in [0.2, 0.25) is 0 Å². The highest BCUT2D eigenvalue weighted by Gasteiger charge is 2.17. The van der Waals surface area contributed by atoms with Crippen molar-refractivity contribution in [2.24, 2.45) is 17.5 Å². The summed E-state index contributed by atoms with van der Waals surface area (Å²) in [4.78, 5) is 7.53. The van der Waals surface area contributed by atoms with Crippen LogP contribution in [0.15, 0.2) is 64.7 Å². The molecule has 1 saturated carbocycles. The number of nitrogens with zero attached hydrogens (tertiary/aromatic N) is 3. The molecule has 1 aliphatic rings. The molecule has 0 radical (unpaired) electrons. The zero-order valence-corrected chi connectivity index (χ0v) is 24.6. The first-order valence-corrected chi connectivity index (χ1v) is 14.7. The van der Waals surface area contributed by atoms with Crippen LogP contribution in [0.1, 0.15) is 64.9 Å². The van der Waals surface area contributed by atoms with Gasteiger partial charge in [-0.05, 0) is 55.0 Å². The standard InChI is InChI=1S/C25H32ClFN6OS.C4H8/c1-3-5-6-11-32(10-4-2)19-13-18(14-30-15-19)22(28)16-33(29)25-21(27)7-8-23(24(25)26)31-35-20-9-12-34-17-20;1-4-2-3-4/h7-9,12-17,31H,3-6,10-11,28-29H2,1-2H3;4H,2-3H2,1H3/b22-16-;. The van der Waals surface area contributed by atoms with Crippen molar-refractivity contribution in [2.45, 2.75) is 64.2 Å². The van der Waals surface area contributed by atoms with E-state index >= 15 is 0 Å². The van der Waals surface area contributed by atoms with E-state index in [1.807, 2.05) is 12.3 Å². The van der Waals surface area contributed by atoms with Crippen LogP contribution < -0.4 is 26.2 Å². The first-order chi connectivity index (χ1) is 18.8. The van der Waals surface area contributed by atoms with Crippen LogP contribution in [0.4, 0.5) is 21.5 Å². The Morgan fingerprint density at radius 3 is 2.62 bits per heavy atom. The molecule has 1 aromatic carbocycles.